The highest BCUT2D eigenvalue weighted by molar-refractivity contribution is 7.89. The molecule has 1 aromatic rings. The normalized spacial score (nSPS) is 25.5. The van der Waals surface area contributed by atoms with E-state index in [0.717, 1.165) is 17.7 Å². The maximum absolute atomic E-state index is 12.8. The van der Waals surface area contributed by atoms with E-state index >= 15 is 0 Å². The number of carbonyl (C=O) groups excluding carboxylic acids is 1. The third kappa shape index (κ3) is 4.65. The first-order valence-electron chi connectivity index (χ1n) is 9.69. The number of likely N-dealkylation sites (tertiary alicyclic amines) is 1. The van der Waals surface area contributed by atoms with Crippen LogP contribution in [0.3, 0.4) is 0 Å². The Kier molecular flexibility index (Phi) is 6.46. The minimum Gasteiger partial charge on any atom is -0.332 e. The van der Waals surface area contributed by atoms with E-state index in [-0.39, 0.29) is 10.8 Å². The molecule has 0 aromatic heterocycles. The van der Waals surface area contributed by atoms with Crippen LogP contribution in [-0.4, -0.2) is 68.3 Å². The molecule has 1 amide bonds. The van der Waals surface area contributed by atoms with Crippen LogP contribution in [0.1, 0.15) is 33.1 Å². The van der Waals surface area contributed by atoms with Gasteiger partial charge in [0.25, 0.3) is 5.91 Å². The number of hydrogen-bond acceptors (Lipinski definition) is 3. The summed E-state index contributed by atoms with van der Waals surface area (Å²) < 4.78 is 27.1. The van der Waals surface area contributed by atoms with Crippen LogP contribution in [-0.2, 0) is 14.8 Å². The van der Waals surface area contributed by atoms with Crippen LogP contribution in [0.2, 0.25) is 5.02 Å². The second-order valence-electron chi connectivity index (χ2n) is 7.72. The molecule has 2 heterocycles. The molecule has 0 saturated carbocycles. The molecule has 27 heavy (non-hydrogen) atoms. The Labute approximate surface area is 167 Å². The van der Waals surface area contributed by atoms with E-state index in [1.165, 1.54) is 16.8 Å². The predicted octanol–water partition coefficient (Wildman–Crippen LogP) is 1.02. The Hall–Kier alpha value is -1.15. The van der Waals surface area contributed by atoms with Gasteiger partial charge in [-0.15, -0.1) is 0 Å². The number of nitrogens with one attached hydrogen (secondary N) is 1. The fourth-order valence-corrected chi connectivity index (χ4v) is 5.96. The molecule has 0 aliphatic carbocycles. The minimum absolute atomic E-state index is 0.191. The monoisotopic (exact) mass is 414 g/mol. The number of sulfonamides is 1. The van der Waals surface area contributed by atoms with Crippen molar-refractivity contribution in [1.29, 1.82) is 0 Å². The molecule has 0 spiro atoms. The molecule has 1 N–H and O–H groups in total. The van der Waals surface area contributed by atoms with Gasteiger partial charge in [-0.05, 0) is 51.3 Å². The molecule has 0 radical (unpaired) electrons. The zero-order chi connectivity index (χ0) is 19.6. The number of benzene rings is 1. The van der Waals surface area contributed by atoms with E-state index in [1.807, 2.05) is 4.90 Å². The van der Waals surface area contributed by atoms with Gasteiger partial charge in [-0.3, -0.25) is 4.79 Å². The molecular formula is C19H29ClN3O3S+. The second kappa shape index (κ2) is 8.47. The van der Waals surface area contributed by atoms with Crippen LogP contribution in [0, 0.1) is 0 Å². The van der Waals surface area contributed by atoms with E-state index < -0.39 is 10.0 Å². The van der Waals surface area contributed by atoms with Gasteiger partial charge in [0, 0.05) is 17.1 Å². The standard InChI is InChI=1S/C19H28ClN3O3S/c1-15-5-3-6-16(2)23(15)19(24)14-21-9-11-22(12-10-21)27(25,26)18-8-4-7-17(20)13-18/h4,7-8,13,15-16H,3,5-6,9-12,14H2,1-2H3/p+1/t15-,16-/m1/s1. The van der Waals surface area contributed by atoms with Crippen LogP contribution in [0.4, 0.5) is 0 Å². The van der Waals surface area contributed by atoms with Gasteiger partial charge in [-0.1, -0.05) is 17.7 Å². The fraction of sp³-hybridized carbons (Fsp3) is 0.632. The molecule has 0 bridgehead atoms. The highest BCUT2D eigenvalue weighted by Gasteiger charge is 2.34. The van der Waals surface area contributed by atoms with Gasteiger partial charge >= 0.3 is 0 Å². The summed E-state index contributed by atoms with van der Waals surface area (Å²) in [5.41, 5.74) is 0. The summed E-state index contributed by atoms with van der Waals surface area (Å²) in [5, 5.41) is 0.413. The number of rotatable bonds is 4. The van der Waals surface area contributed by atoms with Gasteiger partial charge in [0.15, 0.2) is 6.54 Å². The first kappa shape index (κ1) is 20.6. The summed E-state index contributed by atoms with van der Waals surface area (Å²) in [5.74, 6) is 0.191. The molecule has 2 aliphatic rings. The molecule has 6 nitrogen and oxygen atoms in total. The highest BCUT2D eigenvalue weighted by atomic mass is 35.5. The van der Waals surface area contributed by atoms with E-state index in [2.05, 4.69) is 13.8 Å². The van der Waals surface area contributed by atoms with Crippen molar-refractivity contribution in [2.75, 3.05) is 32.7 Å². The maximum Gasteiger partial charge on any atom is 0.278 e. The van der Waals surface area contributed by atoms with Crippen molar-refractivity contribution in [2.24, 2.45) is 0 Å². The largest absolute Gasteiger partial charge is 0.332 e. The summed E-state index contributed by atoms with van der Waals surface area (Å²) >= 11 is 5.94. The zero-order valence-electron chi connectivity index (χ0n) is 16.0. The third-order valence-corrected chi connectivity index (χ3v) is 7.88. The summed E-state index contributed by atoms with van der Waals surface area (Å²) in [6.07, 6.45) is 3.31. The molecule has 2 atom stereocenters. The Morgan fingerprint density at radius 2 is 1.81 bits per heavy atom. The van der Waals surface area contributed by atoms with Gasteiger partial charge in [0.05, 0.1) is 31.1 Å². The Balaban J connectivity index is 1.58. The molecule has 150 valence electrons. The van der Waals surface area contributed by atoms with Crippen LogP contribution in [0.15, 0.2) is 29.2 Å². The molecule has 1 aromatic carbocycles. The van der Waals surface area contributed by atoms with Crippen molar-refractivity contribution in [2.45, 2.75) is 50.1 Å². The summed E-state index contributed by atoms with van der Waals surface area (Å²) in [7, 11) is -3.53. The van der Waals surface area contributed by atoms with E-state index in [4.69, 9.17) is 11.6 Å². The minimum atomic E-state index is -3.53. The van der Waals surface area contributed by atoms with Crippen molar-refractivity contribution < 1.29 is 18.1 Å². The topological polar surface area (TPSA) is 62.1 Å². The summed E-state index contributed by atoms with van der Waals surface area (Å²) in [4.78, 5) is 16.2. The summed E-state index contributed by atoms with van der Waals surface area (Å²) in [6.45, 7) is 6.81. The third-order valence-electron chi connectivity index (χ3n) is 5.75. The predicted molar refractivity (Wildman–Crippen MR) is 105 cm³/mol. The average molecular weight is 415 g/mol. The molecule has 2 saturated heterocycles. The Bertz CT molecular complexity index is 768. The lowest BCUT2D eigenvalue weighted by Crippen LogP contribution is -3.15. The number of piperazine rings is 1. The van der Waals surface area contributed by atoms with Gasteiger partial charge < -0.3 is 9.80 Å². The first-order valence-corrected chi connectivity index (χ1v) is 11.5. The Morgan fingerprint density at radius 1 is 1.19 bits per heavy atom. The van der Waals surface area contributed by atoms with Crippen LogP contribution >= 0.6 is 11.6 Å². The van der Waals surface area contributed by atoms with Crippen molar-refractivity contribution in [3.63, 3.8) is 0 Å². The van der Waals surface area contributed by atoms with Crippen LogP contribution in [0.5, 0.6) is 0 Å². The lowest BCUT2D eigenvalue weighted by Gasteiger charge is -2.40. The molecule has 8 heteroatoms. The van der Waals surface area contributed by atoms with Gasteiger partial charge in [-0.25, -0.2) is 8.42 Å². The van der Waals surface area contributed by atoms with Gasteiger partial charge in [-0.2, -0.15) is 4.31 Å². The van der Waals surface area contributed by atoms with E-state index in [9.17, 15) is 13.2 Å². The van der Waals surface area contributed by atoms with Crippen LogP contribution < -0.4 is 4.90 Å². The van der Waals surface area contributed by atoms with Crippen molar-refractivity contribution in [1.82, 2.24) is 9.21 Å². The number of halogens is 1. The number of quaternary nitrogens is 1. The number of amides is 1. The number of carbonyl (C=O) groups is 1. The van der Waals surface area contributed by atoms with Crippen molar-refractivity contribution in [3.05, 3.63) is 29.3 Å². The maximum atomic E-state index is 12.8. The molecule has 0 unspecified atom stereocenters. The Morgan fingerprint density at radius 3 is 2.41 bits per heavy atom. The lowest BCUT2D eigenvalue weighted by molar-refractivity contribution is -0.896. The molecular weight excluding hydrogens is 386 g/mol. The first-order chi connectivity index (χ1) is 12.8. The average Bonchev–Trinajstić information content (AvgIpc) is 2.62. The van der Waals surface area contributed by atoms with Gasteiger partial charge in [0.2, 0.25) is 10.0 Å². The molecule has 2 aliphatic heterocycles. The highest BCUT2D eigenvalue weighted by Crippen LogP contribution is 2.22. The smallest absolute Gasteiger partial charge is 0.278 e. The number of piperidine rings is 1. The fourth-order valence-electron chi connectivity index (χ4n) is 4.21. The second-order valence-corrected chi connectivity index (χ2v) is 10.1. The zero-order valence-corrected chi connectivity index (χ0v) is 17.6. The number of nitrogens with zero attached hydrogens (tertiary/aromatic N) is 2. The molecule has 3 rings (SSSR count). The molecule has 2 fully saturated rings. The lowest BCUT2D eigenvalue weighted by atomic mass is 9.97. The number of hydrogen-bond donors (Lipinski definition) is 1. The van der Waals surface area contributed by atoms with Crippen molar-refractivity contribution >= 4 is 27.5 Å². The van der Waals surface area contributed by atoms with E-state index in [1.54, 1.807) is 18.2 Å². The SMILES string of the molecule is C[C@@H]1CCC[C@@H](C)N1C(=O)C[NH+]1CCN(S(=O)(=O)c2cccc(Cl)c2)CC1. The summed E-state index contributed by atoms with van der Waals surface area (Å²) in [6, 6.07) is 6.96. The van der Waals surface area contributed by atoms with Crippen molar-refractivity contribution in [3.8, 4) is 0 Å². The van der Waals surface area contributed by atoms with Gasteiger partial charge in [0.1, 0.15) is 0 Å². The van der Waals surface area contributed by atoms with Crippen LogP contribution in [0.25, 0.3) is 0 Å². The van der Waals surface area contributed by atoms with E-state index in [0.29, 0.717) is 49.8 Å². The quantitative estimate of drug-likeness (QED) is 0.800.